The Labute approximate surface area is 86.2 Å². The van der Waals surface area contributed by atoms with Gasteiger partial charge in [0.25, 0.3) is 0 Å². The van der Waals surface area contributed by atoms with Gasteiger partial charge >= 0.3 is 0 Å². The molecule has 2 unspecified atom stereocenters. The first-order valence-electron chi connectivity index (χ1n) is 5.16. The predicted octanol–water partition coefficient (Wildman–Crippen LogP) is 0.655. The van der Waals surface area contributed by atoms with Gasteiger partial charge in [-0.15, -0.1) is 0 Å². The number of hydrogen-bond donors (Lipinski definition) is 2. The third-order valence-electron chi connectivity index (χ3n) is 2.06. The lowest BCUT2D eigenvalue weighted by molar-refractivity contribution is -0.124. The Morgan fingerprint density at radius 3 is 2.71 bits per heavy atom. The van der Waals surface area contributed by atoms with Gasteiger partial charge in [0.15, 0.2) is 0 Å². The van der Waals surface area contributed by atoms with Crippen LogP contribution in [0.5, 0.6) is 0 Å². The van der Waals surface area contributed by atoms with E-state index in [1.807, 2.05) is 6.92 Å². The molecule has 0 aromatic heterocycles. The molecule has 0 heterocycles. The first-order chi connectivity index (χ1) is 6.61. The van der Waals surface area contributed by atoms with Crippen LogP contribution >= 0.6 is 0 Å². The van der Waals surface area contributed by atoms with Gasteiger partial charge in [0, 0.05) is 13.2 Å². The zero-order chi connectivity index (χ0) is 11.0. The molecule has 3 N–H and O–H groups in total. The molecule has 0 bridgehead atoms. The molecule has 0 spiro atoms. The second-order valence-corrected chi connectivity index (χ2v) is 3.61. The highest BCUT2D eigenvalue weighted by Crippen LogP contribution is 1.99. The maximum Gasteiger partial charge on any atom is 0.239 e. The molecule has 14 heavy (non-hydrogen) atoms. The molecule has 0 saturated carbocycles. The summed E-state index contributed by atoms with van der Waals surface area (Å²) in [4.78, 5) is 11.4. The van der Waals surface area contributed by atoms with E-state index in [4.69, 9.17) is 10.5 Å². The van der Waals surface area contributed by atoms with Crippen molar-refractivity contribution in [3.63, 3.8) is 0 Å². The molecule has 0 aromatic carbocycles. The Balaban J connectivity index is 3.69. The number of methoxy groups -OCH3 is 1. The summed E-state index contributed by atoms with van der Waals surface area (Å²) < 4.78 is 4.80. The highest BCUT2D eigenvalue weighted by molar-refractivity contribution is 5.81. The number of hydrogen-bond acceptors (Lipinski definition) is 3. The molecule has 84 valence electrons. The quantitative estimate of drug-likeness (QED) is 0.637. The highest BCUT2D eigenvalue weighted by atomic mass is 16.5. The Bertz CT molecular complexity index is 162. The van der Waals surface area contributed by atoms with Gasteiger partial charge < -0.3 is 15.8 Å². The smallest absolute Gasteiger partial charge is 0.239 e. The zero-order valence-corrected chi connectivity index (χ0v) is 9.38. The number of rotatable bonds is 7. The number of amides is 1. The zero-order valence-electron chi connectivity index (χ0n) is 9.38. The maximum atomic E-state index is 11.4. The van der Waals surface area contributed by atoms with Crippen LogP contribution in [0.15, 0.2) is 0 Å². The van der Waals surface area contributed by atoms with Crippen molar-refractivity contribution >= 4 is 5.91 Å². The van der Waals surface area contributed by atoms with Gasteiger partial charge in [-0.05, 0) is 13.3 Å². The van der Waals surface area contributed by atoms with Gasteiger partial charge in [-0.3, -0.25) is 4.79 Å². The van der Waals surface area contributed by atoms with E-state index < -0.39 is 6.04 Å². The largest absolute Gasteiger partial charge is 0.383 e. The summed E-state index contributed by atoms with van der Waals surface area (Å²) in [6.07, 6.45) is 3.27. The number of carbonyl (C=O) groups excluding carboxylic acids is 1. The number of nitrogens with one attached hydrogen (secondary N) is 1. The van der Waals surface area contributed by atoms with Crippen molar-refractivity contribution in [1.82, 2.24) is 5.32 Å². The number of unbranched alkanes of at least 4 members (excludes halogenated alkanes) is 1. The number of carbonyl (C=O) groups is 1. The van der Waals surface area contributed by atoms with Gasteiger partial charge in [0.1, 0.15) is 6.04 Å². The third kappa shape index (κ3) is 5.94. The molecule has 2 atom stereocenters. The first kappa shape index (κ1) is 13.4. The number of nitrogens with two attached hydrogens (primary N) is 1. The summed E-state index contributed by atoms with van der Waals surface area (Å²) in [6.45, 7) is 4.39. The second kappa shape index (κ2) is 7.76. The van der Waals surface area contributed by atoms with Crippen molar-refractivity contribution in [2.75, 3.05) is 13.7 Å². The molecule has 4 heteroatoms. The molecule has 0 radical (unpaired) electrons. The molecule has 0 rings (SSSR count). The van der Waals surface area contributed by atoms with Gasteiger partial charge in [-0.1, -0.05) is 19.8 Å². The van der Waals surface area contributed by atoms with Gasteiger partial charge in [-0.25, -0.2) is 0 Å². The standard InChI is InChI=1S/C10H22N2O2/c1-4-5-6-8(2)12-10(13)9(11)7-14-3/h8-9H,4-7,11H2,1-3H3,(H,12,13). The Morgan fingerprint density at radius 2 is 2.21 bits per heavy atom. The van der Waals surface area contributed by atoms with Crippen molar-refractivity contribution < 1.29 is 9.53 Å². The lowest BCUT2D eigenvalue weighted by Gasteiger charge is -2.16. The lowest BCUT2D eigenvalue weighted by atomic mass is 10.1. The summed E-state index contributed by atoms with van der Waals surface area (Å²) in [6, 6.07) is -0.352. The fourth-order valence-electron chi connectivity index (χ4n) is 1.19. The van der Waals surface area contributed by atoms with Crippen molar-refractivity contribution in [1.29, 1.82) is 0 Å². The highest BCUT2D eigenvalue weighted by Gasteiger charge is 2.14. The summed E-state index contributed by atoms with van der Waals surface area (Å²) in [7, 11) is 1.54. The Morgan fingerprint density at radius 1 is 1.57 bits per heavy atom. The summed E-state index contributed by atoms with van der Waals surface area (Å²) in [5, 5.41) is 2.86. The molecule has 0 aliphatic rings. The van der Waals surface area contributed by atoms with E-state index in [1.54, 1.807) is 0 Å². The minimum atomic E-state index is -0.552. The Hall–Kier alpha value is -0.610. The van der Waals surface area contributed by atoms with Crippen LogP contribution in [-0.4, -0.2) is 31.7 Å². The summed E-state index contributed by atoms with van der Waals surface area (Å²) in [5.41, 5.74) is 5.57. The van der Waals surface area contributed by atoms with E-state index in [-0.39, 0.29) is 18.6 Å². The second-order valence-electron chi connectivity index (χ2n) is 3.61. The average molecular weight is 202 g/mol. The molecule has 0 aliphatic carbocycles. The van der Waals surface area contributed by atoms with Gasteiger partial charge in [0.2, 0.25) is 5.91 Å². The molecule has 0 aromatic rings. The molecular formula is C10H22N2O2. The third-order valence-corrected chi connectivity index (χ3v) is 2.06. The van der Waals surface area contributed by atoms with E-state index in [1.165, 1.54) is 7.11 Å². The van der Waals surface area contributed by atoms with E-state index in [2.05, 4.69) is 12.2 Å². The van der Waals surface area contributed by atoms with Gasteiger partial charge in [0.05, 0.1) is 6.61 Å². The van der Waals surface area contributed by atoms with Crippen molar-refractivity contribution in [2.45, 2.75) is 45.2 Å². The van der Waals surface area contributed by atoms with Crippen LogP contribution in [0.2, 0.25) is 0 Å². The molecule has 0 fully saturated rings. The summed E-state index contributed by atoms with van der Waals surface area (Å²) in [5.74, 6) is -0.129. The van der Waals surface area contributed by atoms with Crippen molar-refractivity contribution in [3.05, 3.63) is 0 Å². The minimum Gasteiger partial charge on any atom is -0.383 e. The van der Waals surface area contributed by atoms with Crippen LogP contribution in [0.1, 0.15) is 33.1 Å². The van der Waals surface area contributed by atoms with Crippen LogP contribution in [0, 0.1) is 0 Å². The minimum absolute atomic E-state index is 0.129. The maximum absolute atomic E-state index is 11.4. The average Bonchev–Trinajstić information content (AvgIpc) is 2.15. The lowest BCUT2D eigenvalue weighted by Crippen LogP contribution is -2.46. The van der Waals surface area contributed by atoms with Crippen LogP contribution in [0.25, 0.3) is 0 Å². The monoisotopic (exact) mass is 202 g/mol. The van der Waals surface area contributed by atoms with Crippen molar-refractivity contribution in [2.24, 2.45) is 5.73 Å². The summed E-state index contributed by atoms with van der Waals surface area (Å²) >= 11 is 0. The van der Waals surface area contributed by atoms with E-state index >= 15 is 0 Å². The molecule has 4 nitrogen and oxygen atoms in total. The molecule has 0 aliphatic heterocycles. The van der Waals surface area contributed by atoms with Gasteiger partial charge in [-0.2, -0.15) is 0 Å². The van der Waals surface area contributed by atoms with E-state index in [0.717, 1.165) is 19.3 Å². The molecular weight excluding hydrogens is 180 g/mol. The first-order valence-corrected chi connectivity index (χ1v) is 5.16. The van der Waals surface area contributed by atoms with Crippen LogP contribution in [0.4, 0.5) is 0 Å². The fourth-order valence-corrected chi connectivity index (χ4v) is 1.19. The number of ether oxygens (including phenoxy) is 1. The molecule has 1 amide bonds. The van der Waals surface area contributed by atoms with Crippen LogP contribution in [-0.2, 0) is 9.53 Å². The van der Waals surface area contributed by atoms with Crippen LogP contribution in [0.3, 0.4) is 0 Å². The Kier molecular flexibility index (Phi) is 7.42. The predicted molar refractivity (Wildman–Crippen MR) is 57.0 cm³/mol. The van der Waals surface area contributed by atoms with E-state index in [9.17, 15) is 4.79 Å². The molecule has 0 saturated heterocycles. The fraction of sp³-hybridized carbons (Fsp3) is 0.900. The van der Waals surface area contributed by atoms with E-state index in [0.29, 0.717) is 0 Å². The SMILES string of the molecule is CCCCC(C)NC(=O)C(N)COC. The van der Waals surface area contributed by atoms with Crippen molar-refractivity contribution in [3.8, 4) is 0 Å². The topological polar surface area (TPSA) is 64.4 Å². The normalized spacial score (nSPS) is 14.9. The van der Waals surface area contributed by atoms with Crippen LogP contribution < -0.4 is 11.1 Å².